The molecule has 9 heteroatoms. The van der Waals surface area contributed by atoms with E-state index in [0.717, 1.165) is 60.4 Å². The molecule has 3 heterocycles. The summed E-state index contributed by atoms with van der Waals surface area (Å²) in [6.45, 7) is 2.29. The summed E-state index contributed by atoms with van der Waals surface area (Å²) in [5, 5.41) is 2.34. The minimum Gasteiger partial charge on any atom is -0.490 e. The number of aromatic nitrogens is 1. The summed E-state index contributed by atoms with van der Waals surface area (Å²) in [4.78, 5) is 47.0. The van der Waals surface area contributed by atoms with Crippen LogP contribution in [0.5, 0.6) is 5.75 Å². The zero-order valence-electron chi connectivity index (χ0n) is 21.6. The Labute approximate surface area is 222 Å². The molecule has 1 aromatic carbocycles. The second-order valence-corrected chi connectivity index (χ2v) is 10.3. The third-order valence-corrected chi connectivity index (χ3v) is 7.62. The number of nitrogens with zero attached hydrogens (tertiary/aromatic N) is 3. The third kappa shape index (κ3) is 5.77. The molecule has 9 nitrogen and oxygen atoms in total. The Kier molecular flexibility index (Phi) is 7.53. The number of hydrogen-bond acceptors (Lipinski definition) is 7. The quantitative estimate of drug-likeness (QED) is 0.407. The van der Waals surface area contributed by atoms with Gasteiger partial charge in [-0.25, -0.2) is 0 Å². The third-order valence-electron chi connectivity index (χ3n) is 7.62. The first kappa shape index (κ1) is 25.6. The van der Waals surface area contributed by atoms with Gasteiger partial charge >= 0.3 is 0 Å². The van der Waals surface area contributed by atoms with Crippen molar-refractivity contribution in [1.29, 1.82) is 0 Å². The molecule has 0 bridgehead atoms. The molecule has 1 saturated carbocycles. The smallest absolute Gasteiger partial charge is 0.255 e. The van der Waals surface area contributed by atoms with Crippen molar-refractivity contribution in [2.45, 2.75) is 70.6 Å². The summed E-state index contributed by atoms with van der Waals surface area (Å²) in [5.74, 6) is 0.427. The number of nitrogens with two attached hydrogens (primary N) is 1. The number of aliphatic imine (C=N–C) groups is 1. The average Bonchev–Trinajstić information content (AvgIpc) is 3.48. The molecule has 0 radical (unpaired) electrons. The van der Waals surface area contributed by atoms with Crippen LogP contribution in [0.1, 0.15) is 66.6 Å². The molecule has 3 N–H and O–H groups in total. The first-order valence-corrected chi connectivity index (χ1v) is 13.2. The number of carbonyl (C=O) groups excluding carboxylic acids is 3. The minimum atomic E-state index is -0.612. The first-order valence-electron chi connectivity index (χ1n) is 13.2. The molecule has 3 amide bonds. The maximum absolute atomic E-state index is 12.9. The molecule has 1 saturated heterocycles. The number of hydrogen-bond donors (Lipinski definition) is 2. The lowest BCUT2D eigenvalue weighted by atomic mass is 9.99. The number of amides is 3. The summed E-state index contributed by atoms with van der Waals surface area (Å²) >= 11 is 0. The predicted molar refractivity (Wildman–Crippen MR) is 143 cm³/mol. The Hall–Kier alpha value is -4.01. The molecule has 3 atom stereocenters. The summed E-state index contributed by atoms with van der Waals surface area (Å²) in [6, 6.07) is 8.80. The Balaban J connectivity index is 1.12. The van der Waals surface area contributed by atoms with Crippen molar-refractivity contribution < 1.29 is 19.1 Å². The van der Waals surface area contributed by atoms with Crippen molar-refractivity contribution in [3.63, 3.8) is 0 Å². The molecule has 0 spiro atoms. The number of fused-ring (bicyclic) bond motifs is 1. The van der Waals surface area contributed by atoms with Gasteiger partial charge in [0, 0.05) is 30.4 Å². The fourth-order valence-corrected chi connectivity index (χ4v) is 5.47. The van der Waals surface area contributed by atoms with Gasteiger partial charge < -0.3 is 15.4 Å². The zero-order valence-corrected chi connectivity index (χ0v) is 21.6. The number of aryl methyl sites for hydroxylation is 1. The van der Waals surface area contributed by atoms with Crippen molar-refractivity contribution in [1.82, 2.24) is 15.2 Å². The van der Waals surface area contributed by atoms with E-state index in [1.165, 1.54) is 0 Å². The van der Waals surface area contributed by atoms with Gasteiger partial charge in [0.2, 0.25) is 11.8 Å². The van der Waals surface area contributed by atoms with Gasteiger partial charge in [0.05, 0.1) is 18.0 Å². The number of allylic oxidation sites excluding steroid dienone is 1. The summed E-state index contributed by atoms with van der Waals surface area (Å²) in [7, 11) is 0. The minimum absolute atomic E-state index is 0.124. The molecule has 198 valence electrons. The van der Waals surface area contributed by atoms with Crippen LogP contribution in [0.15, 0.2) is 53.3 Å². The Bertz CT molecular complexity index is 1290. The Morgan fingerprint density at radius 1 is 1.21 bits per heavy atom. The molecular formula is C29H33N5O4. The van der Waals surface area contributed by atoms with Gasteiger partial charge in [-0.3, -0.25) is 29.7 Å². The van der Waals surface area contributed by atoms with Gasteiger partial charge in [0.25, 0.3) is 5.91 Å². The highest BCUT2D eigenvalue weighted by atomic mass is 16.5. The van der Waals surface area contributed by atoms with Crippen LogP contribution in [0.2, 0.25) is 0 Å². The van der Waals surface area contributed by atoms with Crippen LogP contribution < -0.4 is 15.8 Å². The van der Waals surface area contributed by atoms with E-state index in [1.54, 1.807) is 23.4 Å². The van der Waals surface area contributed by atoms with Crippen molar-refractivity contribution in [2.75, 3.05) is 0 Å². The fourth-order valence-electron chi connectivity index (χ4n) is 5.47. The van der Waals surface area contributed by atoms with Gasteiger partial charge in [0.1, 0.15) is 11.8 Å². The molecular weight excluding hydrogens is 482 g/mol. The molecule has 2 fully saturated rings. The van der Waals surface area contributed by atoms with Crippen molar-refractivity contribution in [2.24, 2.45) is 16.6 Å². The van der Waals surface area contributed by atoms with Crippen molar-refractivity contribution >= 4 is 29.6 Å². The zero-order chi connectivity index (χ0) is 26.6. The van der Waals surface area contributed by atoms with Crippen LogP contribution in [0, 0.1) is 12.8 Å². The fraction of sp³-hybridized carbons (Fsp3) is 0.414. The number of pyridine rings is 1. The van der Waals surface area contributed by atoms with Gasteiger partial charge in [0.15, 0.2) is 0 Å². The van der Waals surface area contributed by atoms with E-state index in [0.29, 0.717) is 24.4 Å². The number of nitrogens with one attached hydrogen (secondary N) is 1. The topological polar surface area (TPSA) is 127 Å². The molecule has 2 aliphatic heterocycles. The van der Waals surface area contributed by atoms with Crippen LogP contribution >= 0.6 is 0 Å². The molecule has 3 aliphatic rings. The molecule has 38 heavy (non-hydrogen) atoms. The largest absolute Gasteiger partial charge is 0.490 e. The Morgan fingerprint density at radius 3 is 2.84 bits per heavy atom. The lowest BCUT2D eigenvalue weighted by Crippen LogP contribution is -2.52. The number of benzene rings is 1. The van der Waals surface area contributed by atoms with E-state index in [4.69, 9.17) is 10.5 Å². The molecule has 1 aliphatic carbocycles. The highest BCUT2D eigenvalue weighted by molar-refractivity contribution is 6.05. The predicted octanol–water partition coefficient (Wildman–Crippen LogP) is 3.72. The number of rotatable bonds is 8. The number of imide groups is 1. The van der Waals surface area contributed by atoms with Crippen LogP contribution in [-0.4, -0.2) is 46.0 Å². The molecule has 1 aromatic heterocycles. The lowest BCUT2D eigenvalue weighted by molar-refractivity contribution is -0.136. The van der Waals surface area contributed by atoms with E-state index >= 15 is 0 Å². The van der Waals surface area contributed by atoms with E-state index < -0.39 is 11.9 Å². The van der Waals surface area contributed by atoms with E-state index in [-0.39, 0.29) is 24.3 Å². The van der Waals surface area contributed by atoms with Crippen LogP contribution in [0.4, 0.5) is 5.69 Å². The van der Waals surface area contributed by atoms with Crippen LogP contribution in [0.3, 0.4) is 0 Å². The van der Waals surface area contributed by atoms with Crippen LogP contribution in [-0.2, 0) is 16.1 Å². The number of carbonyl (C=O) groups is 3. The lowest BCUT2D eigenvalue weighted by Gasteiger charge is -2.29. The Morgan fingerprint density at radius 2 is 2.08 bits per heavy atom. The first-order chi connectivity index (χ1) is 18.4. The second-order valence-electron chi connectivity index (χ2n) is 10.3. The van der Waals surface area contributed by atoms with Gasteiger partial charge in [-0.2, -0.15) is 0 Å². The molecule has 2 aromatic rings. The summed E-state index contributed by atoms with van der Waals surface area (Å²) in [5.41, 5.74) is 10.1. The normalized spacial score (nSPS) is 23.7. The second kappa shape index (κ2) is 11.2. The summed E-state index contributed by atoms with van der Waals surface area (Å²) < 4.78 is 6.30. The molecule has 5 rings (SSSR count). The van der Waals surface area contributed by atoms with E-state index in [1.807, 2.05) is 37.4 Å². The highest BCUT2D eigenvalue weighted by Gasteiger charge is 2.39. The maximum Gasteiger partial charge on any atom is 0.255 e. The number of piperidine rings is 1. The van der Waals surface area contributed by atoms with Gasteiger partial charge in [-0.05, 0) is 99.0 Å². The van der Waals surface area contributed by atoms with Crippen molar-refractivity contribution in [3.05, 3.63) is 65.1 Å². The van der Waals surface area contributed by atoms with Crippen LogP contribution in [0.25, 0.3) is 0 Å². The van der Waals surface area contributed by atoms with Gasteiger partial charge in [-0.15, -0.1) is 0 Å². The average molecular weight is 516 g/mol. The standard InChI is InChI=1S/C29H33N5O4/c1-18-2-6-22(16-31-18)32-15-20(14-30)4-3-19-5-7-23(12-19)38-24-8-9-25-21(13-24)17-34(29(25)37)26-10-11-27(35)33-28(26)36/h2,6,8-9,13-16,19,23,26H,3-5,7,10-12,17,30H2,1H3,(H,33,35,36)/b20-14-,32-15?/t19?,23-,26?/m0/s1. The molecule has 2 unspecified atom stereocenters. The maximum atomic E-state index is 12.9. The van der Waals surface area contributed by atoms with Gasteiger partial charge in [-0.1, -0.05) is 0 Å². The number of ether oxygens (including phenoxy) is 1. The monoisotopic (exact) mass is 515 g/mol. The van der Waals surface area contributed by atoms with E-state index in [2.05, 4.69) is 15.3 Å². The van der Waals surface area contributed by atoms with E-state index in [9.17, 15) is 14.4 Å². The highest BCUT2D eigenvalue weighted by Crippen LogP contribution is 2.35. The summed E-state index contributed by atoms with van der Waals surface area (Å²) in [6.07, 6.45) is 10.8. The SMILES string of the molecule is Cc1ccc(N=C/C(=C\N)CCC2CC[C@H](Oc3ccc4c(c3)CN(C3CCC(=O)NC3=O)C4=O)C2)cn1. The van der Waals surface area contributed by atoms with Crippen molar-refractivity contribution in [3.8, 4) is 5.75 Å².